The maximum Gasteiger partial charge on any atom is 0.238 e. The van der Waals surface area contributed by atoms with Crippen LogP contribution in [0.25, 0.3) is 0 Å². The predicted octanol–water partition coefficient (Wildman–Crippen LogP) is 1.90. The molecule has 0 aliphatic carbocycles. The maximum absolute atomic E-state index is 12.4. The Morgan fingerprint density at radius 1 is 1.29 bits per heavy atom. The molecule has 1 heterocycles. The summed E-state index contributed by atoms with van der Waals surface area (Å²) in [4.78, 5) is 12.4. The number of carbonyl (C=O) groups excluding carboxylic acids is 1. The Morgan fingerprint density at radius 2 is 1.96 bits per heavy atom. The normalized spacial score (nSPS) is 19.2. The molecule has 1 atom stereocenters. The number of ether oxygens (including phenoxy) is 1. The van der Waals surface area contributed by atoms with Crippen molar-refractivity contribution in [3.63, 3.8) is 0 Å². The predicted molar refractivity (Wildman–Crippen MR) is 93.2 cm³/mol. The number of nitrogens with one attached hydrogen (secondary N) is 1. The lowest BCUT2D eigenvalue weighted by Crippen LogP contribution is -2.51. The molecule has 7 heteroatoms. The van der Waals surface area contributed by atoms with Crippen molar-refractivity contribution < 1.29 is 17.9 Å². The number of hydrogen-bond acceptors (Lipinski definition) is 4. The molecular formula is C17H26N2O4S. The lowest BCUT2D eigenvalue weighted by Gasteiger charge is -2.32. The first-order valence-corrected chi connectivity index (χ1v) is 10.1. The molecule has 1 saturated heterocycles. The third-order valence-corrected chi connectivity index (χ3v) is 5.23. The summed E-state index contributed by atoms with van der Waals surface area (Å²) in [6, 6.07) is 6.92. The van der Waals surface area contributed by atoms with Gasteiger partial charge in [0.2, 0.25) is 15.9 Å². The molecule has 2 rings (SSSR count). The monoisotopic (exact) mass is 354 g/mol. The van der Waals surface area contributed by atoms with Crippen LogP contribution in [0.1, 0.15) is 38.7 Å². The van der Waals surface area contributed by atoms with Crippen LogP contribution in [-0.4, -0.2) is 43.6 Å². The average Bonchev–Trinajstić information content (AvgIpc) is 2.52. The van der Waals surface area contributed by atoms with Crippen molar-refractivity contribution in [1.82, 2.24) is 9.62 Å². The van der Waals surface area contributed by atoms with Crippen LogP contribution in [0.15, 0.2) is 24.3 Å². The van der Waals surface area contributed by atoms with E-state index in [-0.39, 0.29) is 12.0 Å². The summed E-state index contributed by atoms with van der Waals surface area (Å²) in [6.07, 6.45) is 3.51. The second-order valence-corrected chi connectivity index (χ2v) is 8.35. The molecule has 0 aromatic heterocycles. The van der Waals surface area contributed by atoms with Gasteiger partial charge in [-0.3, -0.25) is 4.79 Å². The summed E-state index contributed by atoms with van der Waals surface area (Å²) in [5.41, 5.74) is 0.946. The average molecular weight is 354 g/mol. The Kier molecular flexibility index (Phi) is 6.23. The molecule has 1 aromatic rings. The van der Waals surface area contributed by atoms with E-state index in [1.165, 1.54) is 4.31 Å². The van der Waals surface area contributed by atoms with E-state index in [0.29, 0.717) is 19.5 Å². The van der Waals surface area contributed by atoms with Crippen LogP contribution in [-0.2, 0) is 21.4 Å². The molecule has 1 fully saturated rings. The van der Waals surface area contributed by atoms with Crippen molar-refractivity contribution in [3.8, 4) is 5.75 Å². The van der Waals surface area contributed by atoms with E-state index < -0.39 is 16.1 Å². The second-order valence-electron chi connectivity index (χ2n) is 6.41. The Labute approximate surface area is 144 Å². The van der Waals surface area contributed by atoms with Crippen LogP contribution in [0, 0.1) is 0 Å². The van der Waals surface area contributed by atoms with E-state index in [2.05, 4.69) is 5.32 Å². The highest BCUT2D eigenvalue weighted by molar-refractivity contribution is 7.88. The Balaban J connectivity index is 1.94. The first-order chi connectivity index (χ1) is 11.3. The molecule has 0 spiro atoms. The minimum Gasteiger partial charge on any atom is -0.491 e. The van der Waals surface area contributed by atoms with Crippen molar-refractivity contribution in [3.05, 3.63) is 29.8 Å². The quantitative estimate of drug-likeness (QED) is 0.847. The lowest BCUT2D eigenvalue weighted by atomic mass is 10.0. The zero-order valence-corrected chi connectivity index (χ0v) is 15.3. The minimum absolute atomic E-state index is 0.115. The Hall–Kier alpha value is -1.60. The minimum atomic E-state index is -3.36. The van der Waals surface area contributed by atoms with E-state index in [4.69, 9.17) is 4.74 Å². The first-order valence-electron chi connectivity index (χ1n) is 8.27. The topological polar surface area (TPSA) is 75.7 Å². The third kappa shape index (κ3) is 5.21. The van der Waals surface area contributed by atoms with E-state index in [1.807, 2.05) is 38.1 Å². The molecule has 134 valence electrons. The fraction of sp³-hybridized carbons (Fsp3) is 0.588. The second kappa shape index (κ2) is 7.98. The highest BCUT2D eigenvalue weighted by Gasteiger charge is 2.34. The molecule has 1 aliphatic heterocycles. The van der Waals surface area contributed by atoms with Crippen molar-refractivity contribution in [2.45, 2.75) is 51.8 Å². The first kappa shape index (κ1) is 18.7. The molecule has 0 bridgehead atoms. The van der Waals surface area contributed by atoms with Gasteiger partial charge in [-0.25, -0.2) is 8.42 Å². The summed E-state index contributed by atoms with van der Waals surface area (Å²) in [5, 5.41) is 2.85. The zero-order chi connectivity index (χ0) is 17.7. The van der Waals surface area contributed by atoms with E-state index >= 15 is 0 Å². The fourth-order valence-corrected chi connectivity index (χ4v) is 3.95. The van der Waals surface area contributed by atoms with Gasteiger partial charge >= 0.3 is 0 Å². The summed E-state index contributed by atoms with van der Waals surface area (Å²) in [6.45, 7) is 4.71. The standard InChI is InChI=1S/C17H26N2O4S/c1-13(2)23-15-9-7-14(8-10-15)12-18-17(20)16-6-4-5-11-19(16)24(3,21)22/h7-10,13,16H,4-6,11-12H2,1-3H3,(H,18,20). The molecule has 1 N–H and O–H groups in total. The van der Waals surface area contributed by atoms with Crippen LogP contribution in [0.2, 0.25) is 0 Å². The number of sulfonamides is 1. The number of carbonyl (C=O) groups is 1. The number of hydrogen-bond donors (Lipinski definition) is 1. The Morgan fingerprint density at radius 3 is 2.54 bits per heavy atom. The smallest absolute Gasteiger partial charge is 0.238 e. The van der Waals surface area contributed by atoms with Crippen molar-refractivity contribution in [2.75, 3.05) is 12.8 Å². The third-order valence-electron chi connectivity index (χ3n) is 3.94. The van der Waals surface area contributed by atoms with Gasteiger partial charge in [-0.1, -0.05) is 18.6 Å². The van der Waals surface area contributed by atoms with Crippen LogP contribution in [0.3, 0.4) is 0 Å². The number of benzene rings is 1. The molecule has 6 nitrogen and oxygen atoms in total. The SMILES string of the molecule is CC(C)Oc1ccc(CNC(=O)C2CCCCN2S(C)(=O)=O)cc1. The highest BCUT2D eigenvalue weighted by Crippen LogP contribution is 2.20. The molecule has 1 aliphatic rings. The van der Waals surface area contributed by atoms with Gasteiger partial charge in [-0.2, -0.15) is 4.31 Å². The summed E-state index contributed by atoms with van der Waals surface area (Å²) in [5.74, 6) is 0.554. The summed E-state index contributed by atoms with van der Waals surface area (Å²) < 4.78 is 30.6. The van der Waals surface area contributed by atoms with Crippen LogP contribution >= 0.6 is 0 Å². The van der Waals surface area contributed by atoms with E-state index in [9.17, 15) is 13.2 Å². The summed E-state index contributed by atoms with van der Waals surface area (Å²) >= 11 is 0. The van der Waals surface area contributed by atoms with Gasteiger partial charge in [0, 0.05) is 13.1 Å². The van der Waals surface area contributed by atoms with Gasteiger partial charge in [0.25, 0.3) is 0 Å². The van der Waals surface area contributed by atoms with E-state index in [0.717, 1.165) is 30.4 Å². The molecule has 1 amide bonds. The molecule has 0 radical (unpaired) electrons. The Bertz CT molecular complexity index is 656. The van der Waals surface area contributed by atoms with Crippen LogP contribution in [0.4, 0.5) is 0 Å². The fourth-order valence-electron chi connectivity index (χ4n) is 2.83. The number of rotatable bonds is 6. The van der Waals surface area contributed by atoms with Gasteiger partial charge in [-0.05, 0) is 44.4 Å². The number of piperidine rings is 1. The number of amides is 1. The van der Waals surface area contributed by atoms with Gasteiger partial charge in [0.1, 0.15) is 11.8 Å². The molecule has 1 aromatic carbocycles. The maximum atomic E-state index is 12.4. The van der Waals surface area contributed by atoms with Crippen molar-refractivity contribution >= 4 is 15.9 Å². The van der Waals surface area contributed by atoms with Crippen molar-refractivity contribution in [1.29, 1.82) is 0 Å². The van der Waals surface area contributed by atoms with E-state index in [1.54, 1.807) is 0 Å². The van der Waals surface area contributed by atoms with Crippen LogP contribution in [0.5, 0.6) is 5.75 Å². The largest absolute Gasteiger partial charge is 0.491 e. The highest BCUT2D eigenvalue weighted by atomic mass is 32.2. The lowest BCUT2D eigenvalue weighted by molar-refractivity contribution is -0.125. The summed E-state index contributed by atoms with van der Waals surface area (Å²) in [7, 11) is -3.36. The van der Waals surface area contributed by atoms with Crippen molar-refractivity contribution in [2.24, 2.45) is 0 Å². The molecule has 1 unspecified atom stereocenters. The van der Waals surface area contributed by atoms with Gasteiger partial charge in [0.15, 0.2) is 0 Å². The van der Waals surface area contributed by atoms with Gasteiger partial charge < -0.3 is 10.1 Å². The zero-order valence-electron chi connectivity index (χ0n) is 14.5. The molecule has 24 heavy (non-hydrogen) atoms. The number of nitrogens with zero attached hydrogens (tertiary/aromatic N) is 1. The van der Waals surface area contributed by atoms with Gasteiger partial charge in [0.05, 0.1) is 12.4 Å². The molecule has 0 saturated carbocycles. The van der Waals surface area contributed by atoms with Gasteiger partial charge in [-0.15, -0.1) is 0 Å². The molecular weight excluding hydrogens is 328 g/mol. The van der Waals surface area contributed by atoms with Crippen LogP contribution < -0.4 is 10.1 Å².